The van der Waals surface area contributed by atoms with Gasteiger partial charge >= 0.3 is 6.61 Å². The molecule has 7 nitrogen and oxygen atoms in total. The highest BCUT2D eigenvalue weighted by Crippen LogP contribution is 2.34. The number of alkyl halides is 2. The van der Waals surface area contributed by atoms with Gasteiger partial charge in [-0.05, 0) is 42.5 Å². The monoisotopic (exact) mass is 547 g/mol. The summed E-state index contributed by atoms with van der Waals surface area (Å²) in [7, 11) is 4.48. The first-order valence-corrected chi connectivity index (χ1v) is 11.8. The summed E-state index contributed by atoms with van der Waals surface area (Å²) in [4.78, 5) is 4.59. The number of rotatable bonds is 9. The molecule has 0 aliphatic carbocycles. The maximum absolute atomic E-state index is 14.4. The molecule has 4 aromatic rings. The molecular formula is C26H21F4N3O4S. The van der Waals surface area contributed by atoms with E-state index < -0.39 is 18.2 Å². The lowest BCUT2D eigenvalue weighted by molar-refractivity contribution is -0.0498. The summed E-state index contributed by atoms with van der Waals surface area (Å²) in [6.45, 7) is -2.95. The molecule has 38 heavy (non-hydrogen) atoms. The SMILES string of the molecule is COc1cc(OC)c(OC)cc1/C=N/n1c(-c2ccc(OC(F)F)cc2)csc1=Nc1ccc(F)cc1F. The molecule has 4 rings (SSSR count). The van der Waals surface area contributed by atoms with Gasteiger partial charge in [0, 0.05) is 28.6 Å². The van der Waals surface area contributed by atoms with Crippen LogP contribution >= 0.6 is 11.3 Å². The highest BCUT2D eigenvalue weighted by molar-refractivity contribution is 7.07. The van der Waals surface area contributed by atoms with Crippen LogP contribution in [0.4, 0.5) is 23.2 Å². The van der Waals surface area contributed by atoms with Crippen molar-refractivity contribution in [2.75, 3.05) is 21.3 Å². The van der Waals surface area contributed by atoms with Crippen LogP contribution in [0.25, 0.3) is 11.3 Å². The number of ether oxygens (including phenoxy) is 4. The van der Waals surface area contributed by atoms with Crippen LogP contribution < -0.4 is 23.7 Å². The van der Waals surface area contributed by atoms with Gasteiger partial charge < -0.3 is 18.9 Å². The summed E-state index contributed by atoms with van der Waals surface area (Å²) in [5, 5.41) is 6.27. The summed E-state index contributed by atoms with van der Waals surface area (Å²) in [6, 6.07) is 12.3. The number of nitrogens with zero attached hydrogens (tertiary/aromatic N) is 3. The molecule has 1 heterocycles. The highest BCUT2D eigenvalue weighted by Gasteiger charge is 2.13. The van der Waals surface area contributed by atoms with Crippen molar-refractivity contribution >= 4 is 23.2 Å². The Kier molecular flexibility index (Phi) is 8.31. The minimum atomic E-state index is -2.95. The molecular weight excluding hydrogens is 526 g/mol. The zero-order valence-corrected chi connectivity index (χ0v) is 21.1. The van der Waals surface area contributed by atoms with Crippen LogP contribution in [0.1, 0.15) is 5.56 Å². The topological polar surface area (TPSA) is 66.6 Å². The van der Waals surface area contributed by atoms with Crippen molar-refractivity contribution in [1.82, 2.24) is 4.68 Å². The first kappa shape index (κ1) is 26.7. The third-order valence-corrected chi connectivity index (χ3v) is 6.05. The number of benzene rings is 3. The van der Waals surface area contributed by atoms with Crippen LogP contribution in [0.15, 0.2) is 70.1 Å². The van der Waals surface area contributed by atoms with Crippen molar-refractivity contribution in [2.45, 2.75) is 6.61 Å². The minimum absolute atomic E-state index is 0.0117. The Balaban J connectivity index is 1.85. The van der Waals surface area contributed by atoms with Crippen molar-refractivity contribution in [1.29, 1.82) is 0 Å². The van der Waals surface area contributed by atoms with E-state index in [1.54, 1.807) is 29.6 Å². The van der Waals surface area contributed by atoms with Gasteiger partial charge in [-0.25, -0.2) is 18.4 Å². The Bertz CT molecular complexity index is 1520. The summed E-state index contributed by atoms with van der Waals surface area (Å²) in [6.07, 6.45) is 1.49. The molecule has 12 heteroatoms. The van der Waals surface area contributed by atoms with Gasteiger partial charge in [0.15, 0.2) is 17.3 Å². The number of methoxy groups -OCH3 is 3. The van der Waals surface area contributed by atoms with Crippen LogP contribution in [0.3, 0.4) is 0 Å². The van der Waals surface area contributed by atoms with Crippen LogP contribution in [0, 0.1) is 11.6 Å². The van der Waals surface area contributed by atoms with Crippen molar-refractivity contribution in [3.8, 4) is 34.3 Å². The van der Waals surface area contributed by atoms with Gasteiger partial charge in [-0.1, -0.05) is 0 Å². The predicted octanol–water partition coefficient (Wildman–Crippen LogP) is 6.24. The average Bonchev–Trinajstić information content (AvgIpc) is 3.30. The minimum Gasteiger partial charge on any atom is -0.496 e. The molecule has 3 aromatic carbocycles. The average molecular weight is 548 g/mol. The highest BCUT2D eigenvalue weighted by atomic mass is 32.1. The Hall–Kier alpha value is -4.32. The second-order valence-corrected chi connectivity index (χ2v) is 8.36. The second-order valence-electron chi connectivity index (χ2n) is 7.52. The Morgan fingerprint density at radius 1 is 0.868 bits per heavy atom. The van der Waals surface area contributed by atoms with E-state index in [2.05, 4.69) is 14.8 Å². The summed E-state index contributed by atoms with van der Waals surface area (Å²) < 4.78 is 74.9. The molecule has 198 valence electrons. The lowest BCUT2D eigenvalue weighted by atomic mass is 10.1. The normalized spacial score (nSPS) is 11.8. The molecule has 1 aromatic heterocycles. The van der Waals surface area contributed by atoms with E-state index >= 15 is 0 Å². The second kappa shape index (κ2) is 11.8. The number of thiazole rings is 1. The van der Waals surface area contributed by atoms with Gasteiger partial charge in [0.25, 0.3) is 0 Å². The summed E-state index contributed by atoms with van der Waals surface area (Å²) in [5.41, 5.74) is 1.57. The van der Waals surface area contributed by atoms with Crippen molar-refractivity contribution in [2.24, 2.45) is 10.1 Å². The summed E-state index contributed by atoms with van der Waals surface area (Å²) in [5.74, 6) is -0.240. The van der Waals surface area contributed by atoms with Gasteiger partial charge in [-0.2, -0.15) is 13.9 Å². The Morgan fingerprint density at radius 3 is 2.18 bits per heavy atom. The van der Waals surface area contributed by atoms with E-state index in [9.17, 15) is 17.6 Å². The van der Waals surface area contributed by atoms with Gasteiger partial charge in [0.05, 0.1) is 33.2 Å². The number of halogens is 4. The van der Waals surface area contributed by atoms with Crippen molar-refractivity contribution < 1.29 is 36.5 Å². The zero-order chi connectivity index (χ0) is 27.2. The maximum Gasteiger partial charge on any atom is 0.387 e. The van der Waals surface area contributed by atoms with E-state index in [1.165, 1.54) is 50.4 Å². The molecule has 0 unspecified atom stereocenters. The first-order valence-electron chi connectivity index (χ1n) is 10.9. The largest absolute Gasteiger partial charge is 0.496 e. The van der Waals surface area contributed by atoms with Crippen molar-refractivity contribution in [3.05, 3.63) is 82.0 Å². The van der Waals surface area contributed by atoms with Gasteiger partial charge in [0.2, 0.25) is 4.80 Å². The Morgan fingerprint density at radius 2 is 1.55 bits per heavy atom. The maximum atomic E-state index is 14.4. The van der Waals surface area contributed by atoms with E-state index in [-0.39, 0.29) is 16.2 Å². The number of hydrogen-bond donors (Lipinski definition) is 0. The molecule has 0 aliphatic heterocycles. The molecule has 0 atom stereocenters. The van der Waals surface area contributed by atoms with Crippen LogP contribution in [0.5, 0.6) is 23.0 Å². The van der Waals surface area contributed by atoms with E-state index in [0.29, 0.717) is 34.1 Å². The fourth-order valence-corrected chi connectivity index (χ4v) is 4.29. The molecule has 0 spiro atoms. The first-order chi connectivity index (χ1) is 18.3. The third-order valence-electron chi connectivity index (χ3n) is 5.23. The van der Waals surface area contributed by atoms with E-state index in [1.807, 2.05) is 0 Å². The van der Waals surface area contributed by atoms with E-state index in [4.69, 9.17) is 14.2 Å². The molecule has 0 saturated carbocycles. The molecule has 0 amide bonds. The quantitative estimate of drug-likeness (QED) is 0.184. The van der Waals surface area contributed by atoms with Crippen LogP contribution in [-0.4, -0.2) is 38.8 Å². The fraction of sp³-hybridized carbons (Fsp3) is 0.154. The lowest BCUT2D eigenvalue weighted by Crippen LogP contribution is -2.12. The fourth-order valence-electron chi connectivity index (χ4n) is 3.44. The van der Waals surface area contributed by atoms with Crippen LogP contribution in [-0.2, 0) is 0 Å². The molecule has 0 radical (unpaired) electrons. The Labute approximate surface area is 218 Å². The molecule has 0 aliphatic rings. The zero-order valence-electron chi connectivity index (χ0n) is 20.3. The van der Waals surface area contributed by atoms with Gasteiger partial charge in [-0.15, -0.1) is 11.3 Å². The lowest BCUT2D eigenvalue weighted by Gasteiger charge is -2.12. The van der Waals surface area contributed by atoms with Crippen LogP contribution in [0.2, 0.25) is 0 Å². The number of aromatic nitrogens is 1. The van der Waals surface area contributed by atoms with Gasteiger partial charge in [0.1, 0.15) is 23.0 Å². The van der Waals surface area contributed by atoms with Crippen molar-refractivity contribution in [3.63, 3.8) is 0 Å². The molecule has 0 saturated heterocycles. The molecule has 0 fully saturated rings. The third kappa shape index (κ3) is 5.97. The van der Waals surface area contributed by atoms with Gasteiger partial charge in [-0.3, -0.25) is 0 Å². The standard InChI is InChI=1S/C26H21F4N3O4S/c1-34-22-12-24(36-3)23(35-2)10-16(22)13-31-33-21(15-4-7-18(8-5-15)37-25(29)30)14-38-26(33)32-20-9-6-17(27)11-19(20)28/h4-14,25H,1-3H3/b31-13+,32-26?. The van der Waals surface area contributed by atoms with E-state index in [0.717, 1.165) is 23.5 Å². The summed E-state index contributed by atoms with van der Waals surface area (Å²) >= 11 is 1.15. The molecule has 0 N–H and O–H groups in total. The molecule has 0 bridgehead atoms. The predicted molar refractivity (Wildman–Crippen MR) is 135 cm³/mol. The smallest absolute Gasteiger partial charge is 0.387 e. The number of hydrogen-bond acceptors (Lipinski definition) is 7.